The first-order valence-corrected chi connectivity index (χ1v) is 11.9. The number of rotatable bonds is 3. The molecule has 1 aromatic carbocycles. The van der Waals surface area contributed by atoms with Crippen molar-refractivity contribution in [3.05, 3.63) is 30.3 Å². The summed E-state index contributed by atoms with van der Waals surface area (Å²) in [6.07, 6.45) is 14.5. The van der Waals surface area contributed by atoms with E-state index < -0.39 is 0 Å². The van der Waals surface area contributed by atoms with Crippen LogP contribution in [-0.2, 0) is 4.74 Å². The third-order valence-electron chi connectivity index (χ3n) is 8.74. The molecule has 4 atom stereocenters. The number of ether oxygens (including phenoxy) is 1. The average molecular weight is 383 g/mol. The van der Waals surface area contributed by atoms with Crippen LogP contribution in [0.2, 0.25) is 0 Å². The largest absolute Gasteiger partial charge is 0.379 e. The molecule has 0 N–H and O–H groups in total. The van der Waals surface area contributed by atoms with Gasteiger partial charge in [0.1, 0.15) is 0 Å². The molecular weight excluding hydrogens is 344 g/mol. The molecule has 0 aromatic heterocycles. The van der Waals surface area contributed by atoms with Crippen LogP contribution >= 0.6 is 0 Å². The second-order valence-corrected chi connectivity index (χ2v) is 9.86. The van der Waals surface area contributed by atoms with E-state index in [4.69, 9.17) is 4.74 Å². The highest BCUT2D eigenvalue weighted by molar-refractivity contribution is 5.51. The third kappa shape index (κ3) is 3.19. The zero-order valence-electron chi connectivity index (χ0n) is 17.7. The lowest BCUT2D eigenvalue weighted by Gasteiger charge is -2.56. The average Bonchev–Trinajstić information content (AvgIpc) is 3.07. The topological polar surface area (TPSA) is 15.7 Å². The summed E-state index contributed by atoms with van der Waals surface area (Å²) in [5.41, 5.74) is 1.59. The van der Waals surface area contributed by atoms with Gasteiger partial charge in [0.25, 0.3) is 0 Å². The van der Waals surface area contributed by atoms with Crippen molar-refractivity contribution in [3.63, 3.8) is 0 Å². The van der Waals surface area contributed by atoms with Crippen LogP contribution in [0.3, 0.4) is 0 Å². The van der Waals surface area contributed by atoms with Crippen molar-refractivity contribution in [1.82, 2.24) is 4.90 Å². The molecule has 2 saturated heterocycles. The van der Waals surface area contributed by atoms with Crippen LogP contribution in [-0.4, -0.2) is 49.3 Å². The summed E-state index contributed by atoms with van der Waals surface area (Å²) in [4.78, 5) is 5.57. The van der Waals surface area contributed by atoms with Gasteiger partial charge >= 0.3 is 0 Å². The summed E-state index contributed by atoms with van der Waals surface area (Å²) in [6, 6.07) is 12.0. The van der Waals surface area contributed by atoms with Crippen molar-refractivity contribution in [2.24, 2.45) is 11.8 Å². The number of anilines is 1. The SMILES string of the molecule is COC1CCN(c2ccccc2)C12CCN(C1CC3CCCCCCC31)CC2. The molecule has 2 aliphatic heterocycles. The molecule has 1 aromatic rings. The smallest absolute Gasteiger partial charge is 0.0820 e. The Bertz CT molecular complexity index is 639. The number of benzene rings is 1. The molecule has 0 radical (unpaired) electrons. The first-order chi connectivity index (χ1) is 13.8. The normalized spacial score (nSPS) is 35.8. The first-order valence-electron chi connectivity index (χ1n) is 11.9. The Labute approximate surface area is 171 Å². The van der Waals surface area contributed by atoms with Crippen LogP contribution in [0.25, 0.3) is 0 Å². The summed E-state index contributed by atoms with van der Waals surface area (Å²) in [5, 5.41) is 0. The van der Waals surface area contributed by atoms with E-state index in [0.29, 0.717) is 6.10 Å². The lowest BCUT2D eigenvalue weighted by molar-refractivity contribution is -0.0462. The highest BCUT2D eigenvalue weighted by Crippen LogP contribution is 2.49. The van der Waals surface area contributed by atoms with Gasteiger partial charge in [0, 0.05) is 38.5 Å². The maximum absolute atomic E-state index is 6.05. The van der Waals surface area contributed by atoms with Crippen LogP contribution in [0.5, 0.6) is 0 Å². The van der Waals surface area contributed by atoms with Crippen molar-refractivity contribution in [1.29, 1.82) is 0 Å². The van der Waals surface area contributed by atoms with Crippen LogP contribution < -0.4 is 4.90 Å². The van der Waals surface area contributed by atoms with Crippen molar-refractivity contribution in [2.45, 2.75) is 81.9 Å². The van der Waals surface area contributed by atoms with Gasteiger partial charge in [-0.1, -0.05) is 50.3 Å². The molecule has 0 bridgehead atoms. The lowest BCUT2D eigenvalue weighted by atomic mass is 9.63. The van der Waals surface area contributed by atoms with Gasteiger partial charge in [-0.25, -0.2) is 0 Å². The fourth-order valence-electron chi connectivity index (χ4n) is 7.18. The molecule has 2 aliphatic carbocycles. The number of methoxy groups -OCH3 is 1. The molecule has 3 heteroatoms. The highest BCUT2D eigenvalue weighted by Gasteiger charge is 2.53. The van der Waals surface area contributed by atoms with Crippen molar-refractivity contribution in [2.75, 3.05) is 31.6 Å². The monoisotopic (exact) mass is 382 g/mol. The summed E-state index contributed by atoms with van der Waals surface area (Å²) < 4.78 is 6.05. The number of likely N-dealkylation sites (tertiary alicyclic amines) is 1. The molecule has 2 heterocycles. The number of fused-ring (bicyclic) bond motifs is 1. The molecule has 2 saturated carbocycles. The molecule has 3 nitrogen and oxygen atoms in total. The summed E-state index contributed by atoms with van der Waals surface area (Å²) >= 11 is 0. The van der Waals surface area contributed by atoms with E-state index in [-0.39, 0.29) is 5.54 Å². The van der Waals surface area contributed by atoms with Gasteiger partial charge < -0.3 is 9.64 Å². The third-order valence-corrected chi connectivity index (χ3v) is 8.74. The van der Waals surface area contributed by atoms with Crippen LogP contribution in [0.1, 0.15) is 64.2 Å². The molecular formula is C25H38N2O. The van der Waals surface area contributed by atoms with Crippen LogP contribution in [0, 0.1) is 11.8 Å². The minimum Gasteiger partial charge on any atom is -0.379 e. The molecule has 4 fully saturated rings. The molecule has 154 valence electrons. The summed E-state index contributed by atoms with van der Waals surface area (Å²) in [7, 11) is 1.93. The van der Waals surface area contributed by atoms with Crippen molar-refractivity contribution >= 4 is 5.69 Å². The van der Waals surface area contributed by atoms with Gasteiger partial charge in [0.15, 0.2) is 0 Å². The molecule has 4 aliphatic rings. The second-order valence-electron chi connectivity index (χ2n) is 9.86. The Hall–Kier alpha value is -1.06. The summed E-state index contributed by atoms with van der Waals surface area (Å²) in [5.74, 6) is 2.04. The van der Waals surface area contributed by atoms with Gasteiger partial charge in [-0.2, -0.15) is 0 Å². The van der Waals surface area contributed by atoms with Crippen molar-refractivity contribution < 1.29 is 4.74 Å². The molecule has 0 amide bonds. The highest BCUT2D eigenvalue weighted by atomic mass is 16.5. The predicted octanol–water partition coefficient (Wildman–Crippen LogP) is 5.11. The Morgan fingerprint density at radius 1 is 0.893 bits per heavy atom. The van der Waals surface area contributed by atoms with E-state index in [9.17, 15) is 0 Å². The van der Waals surface area contributed by atoms with E-state index in [2.05, 4.69) is 40.1 Å². The quantitative estimate of drug-likeness (QED) is 0.723. The van der Waals surface area contributed by atoms with E-state index in [0.717, 1.165) is 24.4 Å². The molecule has 1 spiro atoms. The lowest BCUT2D eigenvalue weighted by Crippen LogP contribution is -2.62. The van der Waals surface area contributed by atoms with E-state index in [1.54, 1.807) is 0 Å². The Kier molecular flexibility index (Phi) is 5.40. The first kappa shape index (κ1) is 18.9. The van der Waals surface area contributed by atoms with Gasteiger partial charge in [-0.05, 0) is 56.1 Å². The zero-order chi connectivity index (χ0) is 19.0. The van der Waals surface area contributed by atoms with Gasteiger partial charge in [0.2, 0.25) is 0 Å². The number of hydrogen-bond donors (Lipinski definition) is 0. The van der Waals surface area contributed by atoms with Gasteiger partial charge in [-0.15, -0.1) is 0 Å². The fourth-order valence-corrected chi connectivity index (χ4v) is 7.18. The van der Waals surface area contributed by atoms with E-state index in [1.165, 1.54) is 83.0 Å². The number of piperidine rings is 1. The number of nitrogens with zero attached hydrogens (tertiary/aromatic N) is 2. The maximum Gasteiger partial charge on any atom is 0.0820 e. The summed E-state index contributed by atoms with van der Waals surface area (Å²) in [6.45, 7) is 3.66. The standard InChI is InChI=1S/C25H38N2O/c1-28-24-13-16-27(21-10-6-4-7-11-21)25(24)14-17-26(18-15-25)23-19-20-9-5-2-3-8-12-22(20)23/h4,6-7,10-11,20,22-24H,2-3,5,8-9,12-19H2,1H3. The maximum atomic E-state index is 6.05. The van der Waals surface area contributed by atoms with Crippen molar-refractivity contribution in [3.8, 4) is 0 Å². The Balaban J connectivity index is 1.28. The van der Waals surface area contributed by atoms with E-state index >= 15 is 0 Å². The molecule has 28 heavy (non-hydrogen) atoms. The fraction of sp³-hybridized carbons (Fsp3) is 0.760. The van der Waals surface area contributed by atoms with E-state index in [1.807, 2.05) is 7.11 Å². The number of para-hydroxylation sites is 1. The van der Waals surface area contributed by atoms with Crippen LogP contribution in [0.4, 0.5) is 5.69 Å². The minimum absolute atomic E-state index is 0.205. The molecule has 5 rings (SSSR count). The van der Waals surface area contributed by atoms with Crippen LogP contribution in [0.15, 0.2) is 30.3 Å². The number of hydrogen-bond acceptors (Lipinski definition) is 3. The molecule has 4 unspecified atom stereocenters. The Morgan fingerprint density at radius 2 is 1.64 bits per heavy atom. The second kappa shape index (κ2) is 7.99. The Morgan fingerprint density at radius 3 is 2.39 bits per heavy atom. The minimum atomic E-state index is 0.205. The predicted molar refractivity (Wildman–Crippen MR) is 116 cm³/mol. The van der Waals surface area contributed by atoms with Gasteiger partial charge in [0.05, 0.1) is 11.6 Å². The zero-order valence-corrected chi connectivity index (χ0v) is 17.7. The van der Waals surface area contributed by atoms with Gasteiger partial charge in [-0.3, -0.25) is 4.90 Å².